The Kier molecular flexibility index (Phi) is 6.74. The Morgan fingerprint density at radius 3 is 2.53 bits per heavy atom. The number of nitrogens with zero attached hydrogens (tertiary/aromatic N) is 2. The number of rotatable bonds is 8. The molecule has 0 fully saturated rings. The second-order valence-electron chi connectivity index (χ2n) is 7.70. The molecular weight excluding hydrogens is 455 g/mol. The third kappa shape index (κ3) is 5.32. The van der Waals surface area contributed by atoms with Crippen LogP contribution in [0, 0.1) is 12.7 Å². The molecule has 0 atom stereocenters. The Bertz CT molecular complexity index is 1420. The van der Waals surface area contributed by atoms with Gasteiger partial charge < -0.3 is 5.32 Å². The Labute approximate surface area is 197 Å². The normalized spacial score (nSPS) is 11.2. The number of aryl methyl sites for hydroxylation is 1. The van der Waals surface area contributed by atoms with E-state index in [-0.39, 0.29) is 21.7 Å². The van der Waals surface area contributed by atoms with Crippen LogP contribution in [0.2, 0.25) is 0 Å². The van der Waals surface area contributed by atoms with Crippen LogP contribution in [0.3, 0.4) is 0 Å². The molecule has 4 aromatic rings. The van der Waals surface area contributed by atoms with Crippen LogP contribution >= 0.6 is 0 Å². The van der Waals surface area contributed by atoms with Crippen LogP contribution in [0.5, 0.6) is 0 Å². The summed E-state index contributed by atoms with van der Waals surface area (Å²) in [4.78, 5) is 12.7. The van der Waals surface area contributed by atoms with Crippen molar-refractivity contribution in [2.75, 3.05) is 11.3 Å². The van der Waals surface area contributed by atoms with E-state index in [1.807, 2.05) is 36.5 Å². The highest BCUT2D eigenvalue weighted by Crippen LogP contribution is 2.21. The van der Waals surface area contributed by atoms with Gasteiger partial charge in [-0.3, -0.25) is 9.52 Å². The van der Waals surface area contributed by atoms with Crippen LogP contribution in [0.4, 0.5) is 10.1 Å². The number of nitrogens with one attached hydrogen (secondary N) is 2. The number of sulfonamides is 1. The molecule has 0 saturated carbocycles. The Balaban J connectivity index is 1.42. The second kappa shape index (κ2) is 9.88. The van der Waals surface area contributed by atoms with Crippen LogP contribution in [0.15, 0.2) is 90.1 Å². The molecule has 1 heterocycles. The highest BCUT2D eigenvalue weighted by Gasteiger charge is 2.19. The van der Waals surface area contributed by atoms with Gasteiger partial charge in [0.1, 0.15) is 5.82 Å². The molecule has 7 nitrogen and oxygen atoms in total. The van der Waals surface area contributed by atoms with E-state index in [0.717, 1.165) is 17.3 Å². The lowest BCUT2D eigenvalue weighted by Gasteiger charge is -2.13. The largest absolute Gasteiger partial charge is 0.352 e. The topological polar surface area (TPSA) is 93.1 Å². The zero-order valence-electron chi connectivity index (χ0n) is 18.4. The van der Waals surface area contributed by atoms with Gasteiger partial charge in [0.15, 0.2) is 0 Å². The summed E-state index contributed by atoms with van der Waals surface area (Å²) in [6.45, 7) is 1.83. The van der Waals surface area contributed by atoms with Gasteiger partial charge in [0.2, 0.25) is 0 Å². The molecule has 0 aliphatic rings. The van der Waals surface area contributed by atoms with Gasteiger partial charge in [-0.15, -0.1) is 0 Å². The number of para-hydroxylation sites is 2. The van der Waals surface area contributed by atoms with Crippen molar-refractivity contribution < 1.29 is 17.6 Å². The Hall–Kier alpha value is -3.98. The van der Waals surface area contributed by atoms with Gasteiger partial charge in [-0.1, -0.05) is 30.3 Å². The van der Waals surface area contributed by atoms with E-state index in [4.69, 9.17) is 0 Å². The van der Waals surface area contributed by atoms with Crippen LogP contribution in [0.1, 0.15) is 21.5 Å². The maximum atomic E-state index is 13.5. The van der Waals surface area contributed by atoms with Gasteiger partial charge in [0.25, 0.3) is 15.9 Å². The van der Waals surface area contributed by atoms with Crippen molar-refractivity contribution in [2.24, 2.45) is 0 Å². The van der Waals surface area contributed by atoms with E-state index in [1.165, 1.54) is 31.2 Å². The first-order chi connectivity index (χ1) is 16.3. The number of anilines is 1. The van der Waals surface area contributed by atoms with Crippen molar-refractivity contribution in [3.05, 3.63) is 108 Å². The molecule has 0 aliphatic heterocycles. The maximum absolute atomic E-state index is 13.5. The summed E-state index contributed by atoms with van der Waals surface area (Å²) in [5, 5.41) is 7.16. The molecule has 0 saturated heterocycles. The first-order valence-corrected chi connectivity index (χ1v) is 12.1. The summed E-state index contributed by atoms with van der Waals surface area (Å²) in [7, 11) is -4.00. The summed E-state index contributed by atoms with van der Waals surface area (Å²) in [5.41, 5.74) is 2.42. The molecule has 0 radical (unpaired) electrons. The highest BCUT2D eigenvalue weighted by molar-refractivity contribution is 7.92. The molecule has 1 aromatic heterocycles. The molecule has 2 N–H and O–H groups in total. The van der Waals surface area contributed by atoms with Gasteiger partial charge in [0, 0.05) is 12.7 Å². The van der Waals surface area contributed by atoms with Gasteiger partial charge in [0.05, 0.1) is 28.0 Å². The molecule has 0 aliphatic carbocycles. The van der Waals surface area contributed by atoms with E-state index in [2.05, 4.69) is 15.1 Å². The minimum atomic E-state index is -4.00. The van der Waals surface area contributed by atoms with Crippen LogP contribution in [-0.4, -0.2) is 30.7 Å². The van der Waals surface area contributed by atoms with Gasteiger partial charge in [-0.2, -0.15) is 5.10 Å². The number of hydrogen-bond donors (Lipinski definition) is 2. The SMILES string of the molecule is Cc1cc(S(=O)(=O)Nc2ccccc2C(=O)NCCc2cnn(-c3ccccc3)c2)ccc1F. The summed E-state index contributed by atoms with van der Waals surface area (Å²) in [5.74, 6) is -0.905. The summed E-state index contributed by atoms with van der Waals surface area (Å²) in [6.07, 6.45) is 4.20. The zero-order valence-corrected chi connectivity index (χ0v) is 19.2. The molecule has 34 heavy (non-hydrogen) atoms. The standard InChI is InChI=1S/C25H23FN4O3S/c1-18-15-21(11-12-23(18)26)34(32,33)29-24-10-6-5-9-22(24)25(31)27-14-13-19-16-28-30(17-19)20-7-3-2-4-8-20/h2-12,15-17,29H,13-14H2,1H3,(H,27,31). The lowest BCUT2D eigenvalue weighted by molar-refractivity contribution is 0.0955. The number of aromatic nitrogens is 2. The number of hydrogen-bond acceptors (Lipinski definition) is 4. The van der Waals surface area contributed by atoms with Gasteiger partial charge in [-0.25, -0.2) is 17.5 Å². The van der Waals surface area contributed by atoms with Crippen molar-refractivity contribution in [3.8, 4) is 5.69 Å². The maximum Gasteiger partial charge on any atom is 0.261 e. The fraction of sp³-hybridized carbons (Fsp3) is 0.120. The molecule has 174 valence electrons. The molecule has 0 bridgehead atoms. The Morgan fingerprint density at radius 2 is 1.76 bits per heavy atom. The van der Waals surface area contributed by atoms with Crippen molar-refractivity contribution in [3.63, 3.8) is 0 Å². The average Bonchev–Trinajstić information content (AvgIpc) is 3.30. The van der Waals surface area contributed by atoms with E-state index in [9.17, 15) is 17.6 Å². The number of carbonyl (C=O) groups is 1. The number of halogens is 1. The summed E-state index contributed by atoms with van der Waals surface area (Å²) < 4.78 is 43.3. The van der Waals surface area contributed by atoms with E-state index in [1.54, 1.807) is 23.0 Å². The fourth-order valence-electron chi connectivity index (χ4n) is 3.38. The third-order valence-corrected chi connectivity index (χ3v) is 6.57. The smallest absolute Gasteiger partial charge is 0.261 e. The molecule has 0 spiro atoms. The van der Waals surface area contributed by atoms with Gasteiger partial charge in [-0.05, 0) is 66.9 Å². The third-order valence-electron chi connectivity index (χ3n) is 5.21. The molecule has 9 heteroatoms. The lowest BCUT2D eigenvalue weighted by Crippen LogP contribution is -2.27. The van der Waals surface area contributed by atoms with Crippen LogP contribution < -0.4 is 10.0 Å². The predicted molar refractivity (Wildman–Crippen MR) is 128 cm³/mol. The molecule has 1 amide bonds. The Morgan fingerprint density at radius 1 is 1.03 bits per heavy atom. The first kappa shape index (κ1) is 23.2. The quantitative estimate of drug-likeness (QED) is 0.399. The van der Waals surface area contributed by atoms with Crippen molar-refractivity contribution in [2.45, 2.75) is 18.2 Å². The van der Waals surface area contributed by atoms with Crippen molar-refractivity contribution >= 4 is 21.6 Å². The fourth-order valence-corrected chi connectivity index (χ4v) is 4.55. The van der Waals surface area contributed by atoms with Crippen molar-refractivity contribution in [1.82, 2.24) is 15.1 Å². The molecular formula is C25H23FN4O3S. The summed E-state index contributed by atoms with van der Waals surface area (Å²) >= 11 is 0. The second-order valence-corrected chi connectivity index (χ2v) is 9.38. The van der Waals surface area contributed by atoms with Crippen LogP contribution in [0.25, 0.3) is 5.69 Å². The van der Waals surface area contributed by atoms with Gasteiger partial charge >= 0.3 is 0 Å². The number of carbonyl (C=O) groups excluding carboxylic acids is 1. The number of benzene rings is 3. The average molecular weight is 479 g/mol. The lowest BCUT2D eigenvalue weighted by atomic mass is 10.1. The predicted octanol–water partition coefficient (Wildman–Crippen LogP) is 4.09. The highest BCUT2D eigenvalue weighted by atomic mass is 32.2. The van der Waals surface area contributed by atoms with E-state index in [0.29, 0.717) is 13.0 Å². The first-order valence-electron chi connectivity index (χ1n) is 10.6. The number of amides is 1. The zero-order chi connectivity index (χ0) is 24.1. The van der Waals surface area contributed by atoms with E-state index < -0.39 is 21.7 Å². The van der Waals surface area contributed by atoms with Crippen LogP contribution in [-0.2, 0) is 16.4 Å². The van der Waals surface area contributed by atoms with E-state index >= 15 is 0 Å². The molecule has 3 aromatic carbocycles. The van der Waals surface area contributed by atoms with Crippen molar-refractivity contribution in [1.29, 1.82) is 0 Å². The minimum absolute atomic E-state index is 0.0861. The summed E-state index contributed by atoms with van der Waals surface area (Å²) in [6, 6.07) is 19.5. The molecule has 4 rings (SSSR count). The minimum Gasteiger partial charge on any atom is -0.352 e. The molecule has 0 unspecified atom stereocenters. The monoisotopic (exact) mass is 478 g/mol.